The van der Waals surface area contributed by atoms with E-state index in [0.29, 0.717) is 4.88 Å². The van der Waals surface area contributed by atoms with E-state index in [1.165, 1.54) is 28.3 Å². The predicted molar refractivity (Wildman–Crippen MR) is 79.1 cm³/mol. The van der Waals surface area contributed by atoms with Crippen molar-refractivity contribution in [3.63, 3.8) is 0 Å². The number of carbonyl (C=O) groups excluding carboxylic acids is 1. The van der Waals surface area contributed by atoms with Gasteiger partial charge >= 0.3 is 6.18 Å². The quantitative estimate of drug-likeness (QED) is 0.738. The van der Waals surface area contributed by atoms with Gasteiger partial charge in [0.1, 0.15) is 0 Å². The summed E-state index contributed by atoms with van der Waals surface area (Å²) in [6, 6.07) is 6.45. The number of aryl methyl sites for hydroxylation is 1. The van der Waals surface area contributed by atoms with Crippen LogP contribution >= 0.6 is 23.1 Å². The molecule has 21 heavy (non-hydrogen) atoms. The Hall–Kier alpha value is -1.27. The van der Waals surface area contributed by atoms with Gasteiger partial charge < -0.3 is 0 Å². The van der Waals surface area contributed by atoms with E-state index in [2.05, 4.69) is 0 Å². The first-order valence-electron chi connectivity index (χ1n) is 6.36. The summed E-state index contributed by atoms with van der Waals surface area (Å²) in [4.78, 5) is 14.1. The molecule has 0 saturated carbocycles. The van der Waals surface area contributed by atoms with Crippen molar-refractivity contribution in [2.24, 2.45) is 0 Å². The lowest BCUT2D eigenvalue weighted by Gasteiger charge is -2.08. The molecule has 2 heterocycles. The Morgan fingerprint density at radius 2 is 2.00 bits per heavy atom. The number of carbonyl (C=O) groups is 1. The number of ketones is 1. The minimum Gasteiger partial charge on any atom is -0.288 e. The highest BCUT2D eigenvalue weighted by atomic mass is 32.2. The number of benzene rings is 1. The molecule has 0 atom stereocenters. The van der Waals surface area contributed by atoms with Crippen LogP contribution in [0.25, 0.3) is 0 Å². The Labute approximate surface area is 128 Å². The zero-order valence-electron chi connectivity index (χ0n) is 10.9. The molecule has 2 aromatic rings. The van der Waals surface area contributed by atoms with Crippen molar-refractivity contribution in [3.05, 3.63) is 56.8 Å². The average Bonchev–Trinajstić information content (AvgIpc) is 2.89. The van der Waals surface area contributed by atoms with E-state index in [-0.39, 0.29) is 11.3 Å². The van der Waals surface area contributed by atoms with Crippen molar-refractivity contribution in [3.8, 4) is 0 Å². The second-order valence-electron chi connectivity index (χ2n) is 4.77. The summed E-state index contributed by atoms with van der Waals surface area (Å²) < 4.78 is 38.1. The number of hydrogen-bond acceptors (Lipinski definition) is 3. The number of hydrogen-bond donors (Lipinski definition) is 0. The predicted octanol–water partition coefficient (Wildman–Crippen LogP) is 4.79. The fourth-order valence-electron chi connectivity index (χ4n) is 2.24. The van der Waals surface area contributed by atoms with Crippen LogP contribution in [0, 0.1) is 0 Å². The largest absolute Gasteiger partial charge is 0.416 e. The van der Waals surface area contributed by atoms with Gasteiger partial charge in [0.25, 0.3) is 0 Å². The molecular formula is C15H11F3OS2. The second-order valence-corrected chi connectivity index (χ2v) is 7.01. The third-order valence-corrected chi connectivity index (χ3v) is 5.55. The molecule has 0 unspecified atom stereocenters. The number of alkyl halides is 3. The third-order valence-electron chi connectivity index (χ3n) is 3.30. The summed E-state index contributed by atoms with van der Waals surface area (Å²) in [6.07, 6.45) is -3.50. The molecule has 0 saturated heterocycles. The van der Waals surface area contributed by atoms with Crippen molar-refractivity contribution in [2.75, 3.05) is 5.75 Å². The minimum atomic E-state index is -4.43. The van der Waals surface area contributed by atoms with E-state index in [0.717, 1.165) is 35.6 Å². The maximum Gasteiger partial charge on any atom is 0.416 e. The molecule has 0 aliphatic carbocycles. The molecule has 0 fully saturated rings. The van der Waals surface area contributed by atoms with Crippen LogP contribution in [0.1, 0.15) is 31.2 Å². The molecule has 0 spiro atoms. The first-order chi connectivity index (χ1) is 9.95. The smallest absolute Gasteiger partial charge is 0.288 e. The van der Waals surface area contributed by atoms with Crippen molar-refractivity contribution in [1.82, 2.24) is 0 Å². The number of thioether (sulfide) groups is 1. The molecule has 110 valence electrons. The zero-order valence-corrected chi connectivity index (χ0v) is 12.5. The molecule has 1 aromatic heterocycles. The molecule has 0 N–H and O–H groups in total. The van der Waals surface area contributed by atoms with Gasteiger partial charge in [-0.25, -0.2) is 0 Å². The molecule has 1 nitrogen and oxygen atoms in total. The highest BCUT2D eigenvalue weighted by Gasteiger charge is 2.31. The van der Waals surface area contributed by atoms with Crippen LogP contribution < -0.4 is 0 Å². The van der Waals surface area contributed by atoms with E-state index in [1.54, 1.807) is 0 Å². The molecule has 1 aliphatic rings. The van der Waals surface area contributed by atoms with Gasteiger partial charge in [0, 0.05) is 16.2 Å². The first kappa shape index (κ1) is 14.7. The maximum atomic E-state index is 12.7. The maximum absolute atomic E-state index is 12.7. The van der Waals surface area contributed by atoms with Gasteiger partial charge in [-0.15, -0.1) is 11.3 Å². The molecular weight excluding hydrogens is 317 g/mol. The lowest BCUT2D eigenvalue weighted by molar-refractivity contribution is -0.137. The van der Waals surface area contributed by atoms with Crippen LogP contribution in [-0.4, -0.2) is 11.5 Å². The zero-order chi connectivity index (χ0) is 15.0. The molecule has 1 aliphatic heterocycles. The number of thiophene rings is 1. The lowest BCUT2D eigenvalue weighted by atomic mass is 10.1. The number of halogens is 3. The molecule has 0 radical (unpaired) electrons. The summed E-state index contributed by atoms with van der Waals surface area (Å²) in [6.45, 7) is 0. The standard InChI is InChI=1S/C15H11F3OS2/c16-15(17,18)11-3-1-2-9(6-11)14(19)13-7-10-8-20-5-4-12(10)21-13/h1-3,6-7H,4-5,8H2. The first-order valence-corrected chi connectivity index (χ1v) is 8.33. The number of fused-ring (bicyclic) bond motifs is 1. The van der Waals surface area contributed by atoms with Crippen molar-refractivity contribution < 1.29 is 18.0 Å². The van der Waals surface area contributed by atoms with Crippen LogP contribution in [0.3, 0.4) is 0 Å². The SMILES string of the molecule is O=C(c1cccc(C(F)(F)F)c1)c1cc2c(s1)CCSC2. The Morgan fingerprint density at radius 1 is 1.19 bits per heavy atom. The van der Waals surface area contributed by atoms with Gasteiger partial charge in [0.05, 0.1) is 10.4 Å². The Balaban J connectivity index is 1.93. The highest BCUT2D eigenvalue weighted by Crippen LogP contribution is 2.34. The fourth-order valence-corrected chi connectivity index (χ4v) is 4.57. The second kappa shape index (κ2) is 5.50. The van der Waals surface area contributed by atoms with Gasteiger partial charge in [-0.1, -0.05) is 12.1 Å². The molecule has 3 rings (SSSR count). The molecule has 0 amide bonds. The van der Waals surface area contributed by atoms with E-state index < -0.39 is 11.7 Å². The lowest BCUT2D eigenvalue weighted by Crippen LogP contribution is -2.07. The fraction of sp³-hybridized carbons (Fsp3) is 0.267. The number of rotatable bonds is 2. The summed E-state index contributed by atoms with van der Waals surface area (Å²) in [5.41, 5.74) is 0.452. The van der Waals surface area contributed by atoms with E-state index in [1.807, 2.05) is 17.8 Å². The monoisotopic (exact) mass is 328 g/mol. The van der Waals surface area contributed by atoms with Crippen molar-refractivity contribution in [2.45, 2.75) is 18.3 Å². The Morgan fingerprint density at radius 3 is 2.71 bits per heavy atom. The van der Waals surface area contributed by atoms with Crippen LogP contribution in [0.5, 0.6) is 0 Å². The van der Waals surface area contributed by atoms with E-state index >= 15 is 0 Å². The normalized spacial score (nSPS) is 14.8. The summed E-state index contributed by atoms with van der Waals surface area (Å²) in [5.74, 6) is 1.58. The summed E-state index contributed by atoms with van der Waals surface area (Å²) >= 11 is 3.22. The van der Waals surface area contributed by atoms with Crippen LogP contribution in [0.2, 0.25) is 0 Å². The molecule has 0 bridgehead atoms. The van der Waals surface area contributed by atoms with Crippen LogP contribution in [-0.2, 0) is 18.3 Å². The summed E-state index contributed by atoms with van der Waals surface area (Å²) in [7, 11) is 0. The Bertz CT molecular complexity index is 665. The van der Waals surface area contributed by atoms with Gasteiger partial charge in [0.15, 0.2) is 0 Å². The van der Waals surface area contributed by atoms with Crippen molar-refractivity contribution >= 4 is 28.9 Å². The topological polar surface area (TPSA) is 17.1 Å². The van der Waals surface area contributed by atoms with Gasteiger partial charge in [-0.3, -0.25) is 4.79 Å². The van der Waals surface area contributed by atoms with Gasteiger partial charge in [-0.2, -0.15) is 24.9 Å². The Kier molecular flexibility index (Phi) is 3.84. The average molecular weight is 328 g/mol. The van der Waals surface area contributed by atoms with Gasteiger partial charge in [0.2, 0.25) is 5.78 Å². The van der Waals surface area contributed by atoms with E-state index in [9.17, 15) is 18.0 Å². The minimum absolute atomic E-state index is 0.0936. The van der Waals surface area contributed by atoms with Gasteiger partial charge in [-0.05, 0) is 35.9 Å². The molecule has 1 aromatic carbocycles. The third kappa shape index (κ3) is 3.01. The van der Waals surface area contributed by atoms with Crippen molar-refractivity contribution in [1.29, 1.82) is 0 Å². The molecule has 6 heteroatoms. The summed E-state index contributed by atoms with van der Waals surface area (Å²) in [5, 5.41) is 0. The van der Waals surface area contributed by atoms with E-state index in [4.69, 9.17) is 0 Å². The van der Waals surface area contributed by atoms with Crippen LogP contribution in [0.4, 0.5) is 13.2 Å². The van der Waals surface area contributed by atoms with Crippen LogP contribution in [0.15, 0.2) is 30.3 Å². The highest BCUT2D eigenvalue weighted by molar-refractivity contribution is 7.98.